The summed E-state index contributed by atoms with van der Waals surface area (Å²) in [7, 11) is -1.24. The van der Waals surface area contributed by atoms with Gasteiger partial charge in [0.15, 0.2) is 0 Å². The van der Waals surface area contributed by atoms with E-state index >= 15 is 0 Å². The van der Waals surface area contributed by atoms with Crippen molar-refractivity contribution in [3.63, 3.8) is 0 Å². The van der Waals surface area contributed by atoms with E-state index in [2.05, 4.69) is 178 Å². The van der Waals surface area contributed by atoms with E-state index in [0.717, 1.165) is 55.7 Å². The smallest absolute Gasteiger partial charge is 0.216 e. The van der Waals surface area contributed by atoms with E-state index in [9.17, 15) is 0 Å². The molecular formula is C52H50IrN4OSi-2. The van der Waals surface area contributed by atoms with Crippen LogP contribution in [0.3, 0.4) is 0 Å². The summed E-state index contributed by atoms with van der Waals surface area (Å²) in [6.07, 6.45) is 2.02. The van der Waals surface area contributed by atoms with E-state index < -0.39 is 8.07 Å². The van der Waals surface area contributed by atoms with Crippen LogP contribution in [0.15, 0.2) is 132 Å². The number of pyridine rings is 2. The second kappa shape index (κ2) is 17.0. The first-order valence-corrected chi connectivity index (χ1v) is 23.7. The molecular weight excluding hydrogens is 917 g/mol. The van der Waals surface area contributed by atoms with Crippen molar-refractivity contribution in [2.24, 2.45) is 0 Å². The molecule has 9 aromatic rings. The number of aryl methyl sites for hydroxylation is 2. The normalized spacial score (nSPS) is 11.6. The zero-order chi connectivity index (χ0) is 40.7. The predicted octanol–water partition coefficient (Wildman–Crippen LogP) is 13.4. The molecule has 0 aliphatic carbocycles. The Hall–Kier alpha value is -5.46. The number of hydrogen-bond acceptors (Lipinski definition) is 4. The molecule has 0 saturated carbocycles. The van der Waals surface area contributed by atoms with Crippen molar-refractivity contribution in [3.8, 4) is 39.5 Å². The van der Waals surface area contributed by atoms with Gasteiger partial charge in [-0.25, -0.2) is 4.98 Å². The van der Waals surface area contributed by atoms with E-state index in [1.165, 1.54) is 38.7 Å². The van der Waals surface area contributed by atoms with E-state index in [1.807, 2.05) is 37.4 Å². The van der Waals surface area contributed by atoms with E-state index in [-0.39, 0.29) is 20.1 Å². The quantitative estimate of drug-likeness (QED) is 0.118. The fourth-order valence-corrected chi connectivity index (χ4v) is 8.61. The van der Waals surface area contributed by atoms with Crippen molar-refractivity contribution in [3.05, 3.63) is 162 Å². The van der Waals surface area contributed by atoms with Crippen molar-refractivity contribution in [1.29, 1.82) is 0 Å². The molecule has 0 spiro atoms. The summed E-state index contributed by atoms with van der Waals surface area (Å²) in [6, 6.07) is 49.2. The number of imidazole rings is 1. The molecule has 59 heavy (non-hydrogen) atoms. The fraction of sp³-hybridized carbons (Fsp3) is 0.212. The number of benzene rings is 5. The topological polar surface area (TPSA) is 56.7 Å². The van der Waals surface area contributed by atoms with Gasteiger partial charge < -0.3 is 14.0 Å². The monoisotopic (exact) mass is 967 g/mol. The molecule has 4 heterocycles. The van der Waals surface area contributed by atoms with Gasteiger partial charge in [0.1, 0.15) is 0 Å². The largest absolute Gasteiger partial charge is 0.486 e. The van der Waals surface area contributed by atoms with Crippen LogP contribution >= 0.6 is 0 Å². The molecule has 5 aromatic carbocycles. The molecule has 0 fully saturated rings. The Morgan fingerprint density at radius 1 is 0.695 bits per heavy atom. The molecule has 0 aliphatic heterocycles. The van der Waals surface area contributed by atoms with Crippen LogP contribution in [0.25, 0.3) is 72.6 Å². The maximum atomic E-state index is 6.44. The van der Waals surface area contributed by atoms with E-state index in [1.54, 1.807) is 0 Å². The number of fused-ring (bicyclic) bond motifs is 4. The number of para-hydroxylation sites is 2. The van der Waals surface area contributed by atoms with Crippen molar-refractivity contribution in [2.75, 3.05) is 0 Å². The maximum Gasteiger partial charge on any atom is 0.216 e. The Morgan fingerprint density at radius 2 is 1.41 bits per heavy atom. The van der Waals surface area contributed by atoms with Crippen molar-refractivity contribution in [2.45, 2.75) is 73.0 Å². The standard InChI is InChI=1S/C37H32N3O.C15H18NSi.Ir/c1-22(2)30-20-26(25-12-7-6-8-13-25)21-31(23(3)4)34(30)40-33-17-10-9-16-32(33)39-36(40)29-15-11-14-27-28-19-18-24(5)38-37(28)41-35(27)29;1-12-5-7-13(8-6-12)15-10-9-14(11-16-15)17(2,3)4;/h6-14,16-23H,1-5H3;5-7,9-11H,1-4H3;/q2*-1;. The molecule has 0 aliphatic rings. The van der Waals surface area contributed by atoms with Gasteiger partial charge in [0, 0.05) is 43.1 Å². The van der Waals surface area contributed by atoms with Gasteiger partial charge in [-0.2, -0.15) is 0 Å². The zero-order valence-corrected chi connectivity index (χ0v) is 38.7. The molecule has 4 aromatic heterocycles. The van der Waals surface area contributed by atoms with Gasteiger partial charge in [-0.05, 0) is 88.3 Å². The summed E-state index contributed by atoms with van der Waals surface area (Å²) in [5, 5.41) is 3.42. The molecule has 299 valence electrons. The molecule has 1 radical (unpaired) electrons. The molecule has 5 nitrogen and oxygen atoms in total. The molecule has 9 rings (SSSR count). The molecule has 0 unspecified atom stereocenters. The van der Waals surface area contributed by atoms with Crippen molar-refractivity contribution < 1.29 is 24.5 Å². The Balaban J connectivity index is 0.000000247. The van der Waals surface area contributed by atoms with Crippen molar-refractivity contribution >= 4 is 46.4 Å². The Morgan fingerprint density at radius 3 is 2.05 bits per heavy atom. The van der Waals surface area contributed by atoms with E-state index in [4.69, 9.17) is 9.40 Å². The number of rotatable bonds is 7. The van der Waals surface area contributed by atoms with Gasteiger partial charge in [0.05, 0.1) is 30.5 Å². The Bertz CT molecular complexity index is 2860. The van der Waals surface area contributed by atoms with Crippen LogP contribution in [0.5, 0.6) is 0 Å². The van der Waals surface area contributed by atoms with Gasteiger partial charge in [-0.15, -0.1) is 53.6 Å². The summed E-state index contributed by atoms with van der Waals surface area (Å²) in [6.45, 7) is 20.2. The minimum Gasteiger partial charge on any atom is -0.486 e. The SMILES string of the molecule is Cc1c[c-]c(-c2ccc([Si](C)(C)C)cn2)cc1.Cc1ccc2c(n1)oc1c(-c3nc4ccccc4n3-c3c(C(C)C)cc(-c4ccccc4)cc3C(C)C)[c-]ccc12.[Ir]. The summed E-state index contributed by atoms with van der Waals surface area (Å²) >= 11 is 0. The molecule has 0 bridgehead atoms. The third-order valence-electron chi connectivity index (χ3n) is 10.8. The second-order valence-electron chi connectivity index (χ2n) is 16.9. The first-order chi connectivity index (χ1) is 27.9. The van der Waals surface area contributed by atoms with Crippen LogP contribution in [0.1, 0.15) is 61.9 Å². The van der Waals surface area contributed by atoms with E-state index in [0.29, 0.717) is 17.5 Å². The molecule has 0 saturated heterocycles. The maximum absolute atomic E-state index is 6.44. The van der Waals surface area contributed by atoms with Crippen molar-refractivity contribution in [1.82, 2.24) is 19.5 Å². The van der Waals surface area contributed by atoms with Gasteiger partial charge in [0.25, 0.3) is 0 Å². The third-order valence-corrected chi connectivity index (χ3v) is 12.9. The van der Waals surface area contributed by atoms with Crippen LogP contribution in [-0.4, -0.2) is 27.6 Å². The third kappa shape index (κ3) is 8.38. The molecule has 0 amide bonds. The number of hydrogen-bond donors (Lipinski definition) is 0. The Labute approximate surface area is 363 Å². The number of furan rings is 1. The second-order valence-corrected chi connectivity index (χ2v) is 22.0. The van der Waals surface area contributed by atoms with Gasteiger partial charge in [-0.1, -0.05) is 120 Å². The molecule has 0 atom stereocenters. The number of aromatic nitrogens is 4. The van der Waals surface area contributed by atoms with Gasteiger partial charge in [-0.3, -0.25) is 4.98 Å². The first kappa shape index (κ1) is 41.7. The van der Waals surface area contributed by atoms with Crippen LogP contribution in [-0.2, 0) is 20.1 Å². The number of nitrogens with zero attached hydrogens (tertiary/aromatic N) is 4. The summed E-state index contributed by atoms with van der Waals surface area (Å²) < 4.78 is 8.78. The van der Waals surface area contributed by atoms with Crippen LogP contribution < -0.4 is 5.19 Å². The molecule has 7 heteroatoms. The summed E-state index contributed by atoms with van der Waals surface area (Å²) in [5.74, 6) is 1.40. The minimum atomic E-state index is -1.24. The summed E-state index contributed by atoms with van der Waals surface area (Å²) in [5.41, 5.74) is 14.7. The van der Waals surface area contributed by atoms with Gasteiger partial charge >= 0.3 is 0 Å². The van der Waals surface area contributed by atoms with Crippen LogP contribution in [0.4, 0.5) is 0 Å². The fourth-order valence-electron chi connectivity index (χ4n) is 7.58. The molecule has 0 N–H and O–H groups in total. The predicted molar refractivity (Wildman–Crippen MR) is 245 cm³/mol. The average molecular weight is 967 g/mol. The average Bonchev–Trinajstić information content (AvgIpc) is 3.79. The minimum absolute atomic E-state index is 0. The Kier molecular flexibility index (Phi) is 12.0. The van der Waals surface area contributed by atoms with Gasteiger partial charge in [0.2, 0.25) is 5.71 Å². The first-order valence-electron chi connectivity index (χ1n) is 20.2. The van der Waals surface area contributed by atoms with Crippen LogP contribution in [0, 0.1) is 26.0 Å². The zero-order valence-electron chi connectivity index (χ0n) is 35.3. The summed E-state index contributed by atoms with van der Waals surface area (Å²) in [4.78, 5) is 14.5. The van der Waals surface area contributed by atoms with Crippen LogP contribution in [0.2, 0.25) is 19.6 Å².